The molecule has 1 unspecified atom stereocenters. The Kier molecular flexibility index (Phi) is 9.53. The number of aldehydes is 1. The van der Waals surface area contributed by atoms with Crippen molar-refractivity contribution in [3.05, 3.63) is 35.9 Å². The van der Waals surface area contributed by atoms with Crippen LogP contribution in [0.15, 0.2) is 30.3 Å². The molecular weight excluding hydrogens is 338 g/mol. The fourth-order valence-electron chi connectivity index (χ4n) is 2.47. The lowest BCUT2D eigenvalue weighted by Gasteiger charge is -2.16. The Morgan fingerprint density at radius 2 is 1.77 bits per heavy atom. The van der Waals surface area contributed by atoms with Gasteiger partial charge in [0, 0.05) is 25.2 Å². The molecule has 0 bridgehead atoms. The fraction of sp³-hybridized carbons (Fsp3) is 0.421. The Labute approximate surface area is 151 Å². The first kappa shape index (κ1) is 21.2. The molecule has 0 aliphatic heterocycles. The number of aliphatic carboxylic acids is 1. The van der Waals surface area contributed by atoms with Gasteiger partial charge in [-0.15, -0.1) is 0 Å². The number of ketones is 2. The lowest BCUT2D eigenvalue weighted by molar-refractivity contribution is -0.141. The summed E-state index contributed by atoms with van der Waals surface area (Å²) in [6.45, 7) is -0.171. The molecule has 0 fully saturated rings. The van der Waals surface area contributed by atoms with E-state index in [-0.39, 0.29) is 31.6 Å². The zero-order valence-electron chi connectivity index (χ0n) is 14.5. The molecule has 1 aromatic rings. The number of carboxylic acids is 1. The second kappa shape index (κ2) is 11.7. The van der Waals surface area contributed by atoms with Crippen LogP contribution in [-0.4, -0.2) is 41.4 Å². The van der Waals surface area contributed by atoms with Crippen LogP contribution in [0.3, 0.4) is 0 Å². The van der Waals surface area contributed by atoms with Gasteiger partial charge in [-0.25, -0.2) is 0 Å². The van der Waals surface area contributed by atoms with Crippen molar-refractivity contribution in [1.29, 1.82) is 0 Å². The molecule has 0 saturated heterocycles. The van der Waals surface area contributed by atoms with Crippen LogP contribution in [0.1, 0.15) is 37.7 Å². The van der Waals surface area contributed by atoms with Crippen LogP contribution in [0.25, 0.3) is 0 Å². The second-order valence-electron chi connectivity index (χ2n) is 6.02. The third-order valence-electron chi connectivity index (χ3n) is 3.76. The van der Waals surface area contributed by atoms with E-state index >= 15 is 0 Å². The summed E-state index contributed by atoms with van der Waals surface area (Å²) < 4.78 is 0. The predicted molar refractivity (Wildman–Crippen MR) is 93.4 cm³/mol. The maximum Gasteiger partial charge on any atom is 0.310 e. The summed E-state index contributed by atoms with van der Waals surface area (Å²) in [5.74, 6) is -3.18. The van der Waals surface area contributed by atoms with Crippen LogP contribution in [-0.2, 0) is 30.4 Å². The molecule has 0 spiro atoms. The predicted octanol–water partition coefficient (Wildman–Crippen LogP) is 1.33. The van der Waals surface area contributed by atoms with E-state index in [1.54, 1.807) is 12.1 Å². The number of benzene rings is 1. The van der Waals surface area contributed by atoms with E-state index in [1.807, 2.05) is 18.2 Å². The number of carbonyl (C=O) groups is 5. The van der Waals surface area contributed by atoms with Gasteiger partial charge in [0.1, 0.15) is 18.5 Å². The summed E-state index contributed by atoms with van der Waals surface area (Å²) in [4.78, 5) is 56.8. The maximum atomic E-state index is 12.4. The monoisotopic (exact) mass is 361 g/mol. The number of carboxylic acid groups (broad SMARTS) is 1. The van der Waals surface area contributed by atoms with Crippen molar-refractivity contribution in [2.24, 2.45) is 5.92 Å². The van der Waals surface area contributed by atoms with Crippen LogP contribution in [0.4, 0.5) is 0 Å². The SMILES string of the molecule is O=CCCCC(=O)CNC(=O)C(CC(=O)CC(=O)O)Cc1ccccc1. The topological polar surface area (TPSA) is 118 Å². The lowest BCUT2D eigenvalue weighted by Crippen LogP contribution is -2.36. The smallest absolute Gasteiger partial charge is 0.310 e. The highest BCUT2D eigenvalue weighted by atomic mass is 16.4. The van der Waals surface area contributed by atoms with Crippen LogP contribution >= 0.6 is 0 Å². The molecule has 1 amide bonds. The molecule has 0 aliphatic carbocycles. The van der Waals surface area contributed by atoms with Crippen molar-refractivity contribution >= 4 is 29.7 Å². The van der Waals surface area contributed by atoms with Gasteiger partial charge in [0.25, 0.3) is 0 Å². The Morgan fingerprint density at radius 3 is 2.38 bits per heavy atom. The van der Waals surface area contributed by atoms with Gasteiger partial charge in [0.05, 0.1) is 6.54 Å². The molecule has 0 radical (unpaired) electrons. The van der Waals surface area contributed by atoms with Crippen molar-refractivity contribution in [3.63, 3.8) is 0 Å². The van der Waals surface area contributed by atoms with Crippen molar-refractivity contribution in [2.45, 2.75) is 38.5 Å². The van der Waals surface area contributed by atoms with E-state index in [0.717, 1.165) is 11.8 Å². The van der Waals surface area contributed by atoms with Gasteiger partial charge >= 0.3 is 5.97 Å². The minimum atomic E-state index is -1.24. The average molecular weight is 361 g/mol. The number of carbonyl (C=O) groups excluding carboxylic acids is 4. The summed E-state index contributed by atoms with van der Waals surface area (Å²) in [5.41, 5.74) is 0.841. The molecule has 26 heavy (non-hydrogen) atoms. The van der Waals surface area contributed by atoms with E-state index in [0.29, 0.717) is 12.8 Å². The normalized spacial score (nSPS) is 11.4. The Bertz CT molecular complexity index is 641. The number of Topliss-reactive ketones (excluding diaryl/α,β-unsaturated/α-hetero) is 2. The van der Waals surface area contributed by atoms with E-state index < -0.39 is 30.0 Å². The minimum Gasteiger partial charge on any atom is -0.481 e. The molecule has 0 aromatic heterocycles. The lowest BCUT2D eigenvalue weighted by atomic mass is 9.92. The number of rotatable bonds is 13. The first-order valence-electron chi connectivity index (χ1n) is 8.42. The van der Waals surface area contributed by atoms with Crippen LogP contribution in [0, 0.1) is 5.92 Å². The number of hydrogen-bond acceptors (Lipinski definition) is 5. The molecule has 1 aromatic carbocycles. The molecule has 2 N–H and O–H groups in total. The summed E-state index contributed by atoms with van der Waals surface area (Å²) in [6.07, 6.45) is 1.09. The first-order chi connectivity index (χ1) is 12.4. The van der Waals surface area contributed by atoms with E-state index in [2.05, 4.69) is 5.32 Å². The highest BCUT2D eigenvalue weighted by Crippen LogP contribution is 2.14. The number of amides is 1. The summed E-state index contributed by atoms with van der Waals surface area (Å²) >= 11 is 0. The quantitative estimate of drug-likeness (QED) is 0.311. The zero-order valence-corrected chi connectivity index (χ0v) is 14.5. The van der Waals surface area contributed by atoms with E-state index in [4.69, 9.17) is 5.11 Å². The highest BCUT2D eigenvalue weighted by molar-refractivity contribution is 5.97. The molecule has 1 rings (SSSR count). The Hall–Kier alpha value is -2.83. The van der Waals surface area contributed by atoms with E-state index in [1.165, 1.54) is 0 Å². The molecular formula is C19H23NO6. The third kappa shape index (κ3) is 8.86. The standard InChI is InChI=1S/C19H23NO6/c21-9-5-4-8-16(22)13-20-19(26)15(11-17(23)12-18(24)25)10-14-6-2-1-3-7-14/h1-3,6-7,9,15H,4-5,8,10-13H2,(H,20,26)(H,24,25). The van der Waals surface area contributed by atoms with Gasteiger partial charge in [0.15, 0.2) is 5.78 Å². The molecule has 0 saturated carbocycles. The molecule has 1 atom stereocenters. The molecule has 7 nitrogen and oxygen atoms in total. The summed E-state index contributed by atoms with van der Waals surface area (Å²) in [6, 6.07) is 9.06. The van der Waals surface area contributed by atoms with Gasteiger partial charge < -0.3 is 15.2 Å². The molecule has 0 heterocycles. The summed E-state index contributed by atoms with van der Waals surface area (Å²) in [5, 5.41) is 11.2. The van der Waals surface area contributed by atoms with Crippen molar-refractivity contribution < 1.29 is 29.1 Å². The second-order valence-corrected chi connectivity index (χ2v) is 6.02. The number of unbranched alkanes of at least 4 members (excludes halogenated alkanes) is 1. The van der Waals surface area contributed by atoms with Crippen LogP contribution in [0.2, 0.25) is 0 Å². The molecule has 140 valence electrons. The van der Waals surface area contributed by atoms with Gasteiger partial charge in [-0.05, 0) is 18.4 Å². The summed E-state index contributed by atoms with van der Waals surface area (Å²) in [7, 11) is 0. The maximum absolute atomic E-state index is 12.4. The van der Waals surface area contributed by atoms with Gasteiger partial charge in [-0.1, -0.05) is 30.3 Å². The third-order valence-corrected chi connectivity index (χ3v) is 3.76. The first-order valence-corrected chi connectivity index (χ1v) is 8.42. The minimum absolute atomic E-state index is 0.171. The average Bonchev–Trinajstić information content (AvgIpc) is 2.59. The zero-order chi connectivity index (χ0) is 19.4. The molecule has 7 heteroatoms. The van der Waals surface area contributed by atoms with Crippen molar-refractivity contribution in [3.8, 4) is 0 Å². The van der Waals surface area contributed by atoms with Crippen molar-refractivity contribution in [2.75, 3.05) is 6.54 Å². The largest absolute Gasteiger partial charge is 0.481 e. The molecule has 0 aliphatic rings. The van der Waals surface area contributed by atoms with Gasteiger partial charge in [-0.3, -0.25) is 19.2 Å². The Balaban J connectivity index is 2.65. The Morgan fingerprint density at radius 1 is 1.08 bits per heavy atom. The highest BCUT2D eigenvalue weighted by Gasteiger charge is 2.23. The fourth-order valence-corrected chi connectivity index (χ4v) is 2.47. The van der Waals surface area contributed by atoms with Crippen LogP contribution in [0.5, 0.6) is 0 Å². The van der Waals surface area contributed by atoms with E-state index in [9.17, 15) is 24.0 Å². The van der Waals surface area contributed by atoms with Crippen molar-refractivity contribution in [1.82, 2.24) is 5.32 Å². The van der Waals surface area contributed by atoms with Gasteiger partial charge in [-0.2, -0.15) is 0 Å². The van der Waals surface area contributed by atoms with Crippen LogP contribution < -0.4 is 5.32 Å². The van der Waals surface area contributed by atoms with Gasteiger partial charge in [0.2, 0.25) is 5.91 Å². The number of hydrogen-bond donors (Lipinski definition) is 2. The number of nitrogens with one attached hydrogen (secondary N) is 1.